The van der Waals surface area contributed by atoms with Gasteiger partial charge >= 0.3 is 0 Å². The van der Waals surface area contributed by atoms with Crippen LogP contribution in [-0.2, 0) is 9.53 Å². The van der Waals surface area contributed by atoms with E-state index in [1.54, 1.807) is 19.3 Å². The minimum atomic E-state index is -0.0502. The van der Waals surface area contributed by atoms with Crippen molar-refractivity contribution < 1.29 is 9.53 Å². The van der Waals surface area contributed by atoms with Crippen LogP contribution in [-0.4, -0.2) is 71.6 Å². The molecule has 2 saturated heterocycles. The first kappa shape index (κ1) is 16.1. The first-order chi connectivity index (χ1) is 11.2. The van der Waals surface area contributed by atoms with Crippen molar-refractivity contribution >= 4 is 11.7 Å². The first-order valence-electron chi connectivity index (χ1n) is 8.29. The van der Waals surface area contributed by atoms with E-state index in [1.807, 2.05) is 11.9 Å². The second kappa shape index (κ2) is 7.23. The van der Waals surface area contributed by atoms with Gasteiger partial charge in [-0.15, -0.1) is 0 Å². The molecule has 1 aromatic rings. The summed E-state index contributed by atoms with van der Waals surface area (Å²) < 4.78 is 5.94. The van der Waals surface area contributed by atoms with Crippen LogP contribution >= 0.6 is 0 Å². The molecule has 2 aliphatic heterocycles. The number of likely N-dealkylation sites (tertiary alicyclic amines) is 1. The van der Waals surface area contributed by atoms with Crippen molar-refractivity contribution in [2.45, 2.75) is 31.9 Å². The number of morpholine rings is 1. The van der Waals surface area contributed by atoms with Crippen LogP contribution in [0.15, 0.2) is 12.4 Å². The predicted octanol–water partition coefficient (Wildman–Crippen LogP) is 0.903. The minimum absolute atomic E-state index is 0.0502. The van der Waals surface area contributed by atoms with Gasteiger partial charge in [0.25, 0.3) is 0 Å². The van der Waals surface area contributed by atoms with E-state index in [0.29, 0.717) is 12.6 Å². The first-order valence-corrected chi connectivity index (χ1v) is 8.29. The van der Waals surface area contributed by atoms with Gasteiger partial charge in [-0.25, -0.2) is 4.98 Å². The molecule has 7 heteroatoms. The number of carbonyl (C=O) groups excluding carboxylic acids is 1. The van der Waals surface area contributed by atoms with Gasteiger partial charge in [-0.3, -0.25) is 14.7 Å². The Morgan fingerprint density at radius 2 is 2.00 bits per heavy atom. The molecule has 0 unspecified atom stereocenters. The summed E-state index contributed by atoms with van der Waals surface area (Å²) in [5, 5.41) is 3.09. The Morgan fingerprint density at radius 1 is 1.26 bits per heavy atom. The van der Waals surface area contributed by atoms with Crippen LogP contribution in [0.3, 0.4) is 0 Å². The van der Waals surface area contributed by atoms with Gasteiger partial charge in [-0.1, -0.05) is 0 Å². The number of hydrogen-bond acceptors (Lipinski definition) is 6. The normalized spacial score (nSPS) is 23.7. The van der Waals surface area contributed by atoms with Gasteiger partial charge in [-0.2, -0.15) is 0 Å². The van der Waals surface area contributed by atoms with Crippen molar-refractivity contribution in [1.82, 2.24) is 19.8 Å². The Morgan fingerprint density at radius 3 is 2.70 bits per heavy atom. The van der Waals surface area contributed by atoms with E-state index < -0.39 is 0 Å². The zero-order valence-electron chi connectivity index (χ0n) is 13.9. The third-order valence-corrected chi connectivity index (χ3v) is 4.79. The van der Waals surface area contributed by atoms with Crippen LogP contribution in [0.5, 0.6) is 0 Å². The Balaban J connectivity index is 1.64. The lowest BCUT2D eigenvalue weighted by atomic mass is 10.0. The number of nitrogens with zero attached hydrogens (tertiary/aromatic N) is 4. The summed E-state index contributed by atoms with van der Waals surface area (Å²) in [6.45, 7) is 5.84. The third-order valence-electron chi connectivity index (χ3n) is 4.79. The number of nitrogens with one attached hydrogen (secondary N) is 1. The summed E-state index contributed by atoms with van der Waals surface area (Å²) in [6, 6.07) is 0.520. The summed E-state index contributed by atoms with van der Waals surface area (Å²) in [5.74, 6) is 0.965. The van der Waals surface area contributed by atoms with Crippen LogP contribution in [0.25, 0.3) is 0 Å². The smallest absolute Gasteiger partial charge is 0.219 e. The molecule has 0 radical (unpaired) electrons. The van der Waals surface area contributed by atoms with E-state index in [4.69, 9.17) is 4.74 Å². The molecule has 3 heterocycles. The fourth-order valence-corrected chi connectivity index (χ4v) is 3.49. The SMILES string of the molecule is CNc1nccnc1[C@H]1CN(C2CCN(C(C)=O)CC2)CCO1. The molecule has 126 valence electrons. The molecule has 7 nitrogen and oxygen atoms in total. The highest BCUT2D eigenvalue weighted by atomic mass is 16.5. The Kier molecular flexibility index (Phi) is 5.07. The molecule has 0 spiro atoms. The van der Waals surface area contributed by atoms with Crippen LogP contribution < -0.4 is 5.32 Å². The zero-order valence-corrected chi connectivity index (χ0v) is 13.9. The summed E-state index contributed by atoms with van der Waals surface area (Å²) in [5.41, 5.74) is 0.876. The van der Waals surface area contributed by atoms with E-state index in [-0.39, 0.29) is 12.0 Å². The summed E-state index contributed by atoms with van der Waals surface area (Å²) in [7, 11) is 1.85. The van der Waals surface area contributed by atoms with Gasteiger partial charge in [-0.05, 0) is 12.8 Å². The van der Waals surface area contributed by atoms with E-state index in [2.05, 4.69) is 20.2 Å². The van der Waals surface area contributed by atoms with E-state index in [1.165, 1.54) is 0 Å². The van der Waals surface area contributed by atoms with E-state index >= 15 is 0 Å². The molecule has 3 rings (SSSR count). The monoisotopic (exact) mass is 319 g/mol. The van der Waals surface area contributed by atoms with Crippen LogP contribution in [0.4, 0.5) is 5.82 Å². The molecule has 23 heavy (non-hydrogen) atoms. The van der Waals surface area contributed by atoms with Crippen molar-refractivity contribution in [3.63, 3.8) is 0 Å². The highest BCUT2D eigenvalue weighted by Gasteiger charge is 2.31. The van der Waals surface area contributed by atoms with Crippen LogP contribution in [0.1, 0.15) is 31.6 Å². The quantitative estimate of drug-likeness (QED) is 0.893. The fourth-order valence-electron chi connectivity index (χ4n) is 3.49. The lowest BCUT2D eigenvalue weighted by Crippen LogP contribution is -2.50. The maximum Gasteiger partial charge on any atom is 0.219 e. The highest BCUT2D eigenvalue weighted by Crippen LogP contribution is 2.28. The number of rotatable bonds is 3. The number of amides is 1. The predicted molar refractivity (Wildman–Crippen MR) is 87.1 cm³/mol. The second-order valence-electron chi connectivity index (χ2n) is 6.13. The van der Waals surface area contributed by atoms with Crippen molar-refractivity contribution in [3.05, 3.63) is 18.1 Å². The molecule has 0 aromatic carbocycles. The third kappa shape index (κ3) is 3.61. The highest BCUT2D eigenvalue weighted by molar-refractivity contribution is 5.73. The van der Waals surface area contributed by atoms with Gasteiger partial charge in [0.1, 0.15) is 17.6 Å². The molecule has 1 amide bonds. The Labute approximate surface area is 137 Å². The molecule has 1 atom stereocenters. The Bertz CT molecular complexity index is 545. The van der Waals surface area contributed by atoms with Gasteiger partial charge in [0.15, 0.2) is 0 Å². The summed E-state index contributed by atoms with van der Waals surface area (Å²) >= 11 is 0. The lowest BCUT2D eigenvalue weighted by molar-refractivity contribution is -0.131. The summed E-state index contributed by atoms with van der Waals surface area (Å²) in [6.07, 6.45) is 5.42. The number of piperidine rings is 1. The van der Waals surface area contributed by atoms with Crippen molar-refractivity contribution in [1.29, 1.82) is 0 Å². The Hall–Kier alpha value is -1.73. The van der Waals surface area contributed by atoms with Crippen LogP contribution in [0, 0.1) is 0 Å². The van der Waals surface area contributed by atoms with Crippen LogP contribution in [0.2, 0.25) is 0 Å². The molecule has 0 bridgehead atoms. The largest absolute Gasteiger partial charge is 0.372 e. The molecule has 0 aliphatic carbocycles. The molecule has 1 N–H and O–H groups in total. The van der Waals surface area contributed by atoms with Crippen molar-refractivity contribution in [2.24, 2.45) is 0 Å². The van der Waals surface area contributed by atoms with Gasteiger partial charge in [0.05, 0.1) is 6.61 Å². The average Bonchev–Trinajstić information content (AvgIpc) is 2.62. The number of carbonyl (C=O) groups is 1. The minimum Gasteiger partial charge on any atom is -0.372 e. The topological polar surface area (TPSA) is 70.6 Å². The number of aromatic nitrogens is 2. The average molecular weight is 319 g/mol. The number of hydrogen-bond donors (Lipinski definition) is 1. The molecular formula is C16H25N5O2. The number of ether oxygens (including phenoxy) is 1. The molecule has 2 aliphatic rings. The standard InChI is InChI=1S/C16H25N5O2/c1-12(22)20-7-3-13(4-8-20)21-9-10-23-14(11-21)15-16(17-2)19-6-5-18-15/h5-6,13-14H,3-4,7-11H2,1-2H3,(H,17,19)/t14-/m1/s1. The maximum atomic E-state index is 11.5. The maximum absolute atomic E-state index is 11.5. The summed E-state index contributed by atoms with van der Waals surface area (Å²) in [4.78, 5) is 24.7. The molecule has 1 aromatic heterocycles. The number of anilines is 1. The zero-order chi connectivity index (χ0) is 16.2. The molecule has 2 fully saturated rings. The van der Waals surface area contributed by atoms with Gasteiger partial charge < -0.3 is 15.0 Å². The molecule has 0 saturated carbocycles. The van der Waals surface area contributed by atoms with Gasteiger partial charge in [0, 0.05) is 58.6 Å². The lowest BCUT2D eigenvalue weighted by Gasteiger charge is -2.42. The second-order valence-corrected chi connectivity index (χ2v) is 6.13. The van der Waals surface area contributed by atoms with E-state index in [9.17, 15) is 4.79 Å². The molecular weight excluding hydrogens is 294 g/mol. The van der Waals surface area contributed by atoms with Crippen molar-refractivity contribution in [3.8, 4) is 0 Å². The van der Waals surface area contributed by atoms with Crippen molar-refractivity contribution in [2.75, 3.05) is 45.2 Å². The van der Waals surface area contributed by atoms with E-state index in [0.717, 1.165) is 50.5 Å². The fraction of sp³-hybridized carbons (Fsp3) is 0.688. The van der Waals surface area contributed by atoms with Gasteiger partial charge in [0.2, 0.25) is 5.91 Å².